The van der Waals surface area contributed by atoms with Crippen LogP contribution in [0.2, 0.25) is 0 Å². The molecule has 36 heavy (non-hydrogen) atoms. The van der Waals surface area contributed by atoms with Gasteiger partial charge in [0.15, 0.2) is 0 Å². The maximum Gasteiger partial charge on any atom is 0.128 e. The van der Waals surface area contributed by atoms with Crippen molar-refractivity contribution in [3.05, 3.63) is 48.7 Å². The number of anilines is 1. The number of nitriles is 1. The number of aromatic nitrogens is 6. The third-order valence-corrected chi connectivity index (χ3v) is 6.28. The zero-order chi connectivity index (χ0) is 25.3. The van der Waals surface area contributed by atoms with E-state index in [0.717, 1.165) is 62.0 Å². The second kappa shape index (κ2) is 9.68. The van der Waals surface area contributed by atoms with Crippen LogP contribution in [-0.4, -0.2) is 79.2 Å². The van der Waals surface area contributed by atoms with Crippen molar-refractivity contribution in [1.82, 2.24) is 34.3 Å². The Bertz CT molecular complexity index is 1380. The van der Waals surface area contributed by atoms with Crippen molar-refractivity contribution in [2.24, 2.45) is 7.05 Å². The fourth-order valence-corrected chi connectivity index (χ4v) is 4.38. The van der Waals surface area contributed by atoms with Crippen molar-refractivity contribution in [2.75, 3.05) is 44.2 Å². The van der Waals surface area contributed by atoms with Crippen molar-refractivity contribution in [2.45, 2.75) is 26.4 Å². The van der Waals surface area contributed by atoms with Gasteiger partial charge in [0, 0.05) is 63.3 Å². The maximum atomic E-state index is 9.64. The lowest BCUT2D eigenvalue weighted by Gasteiger charge is -2.35. The lowest BCUT2D eigenvalue weighted by Crippen LogP contribution is -2.47. The molecule has 5 heterocycles. The number of aryl methyl sites for hydroxylation is 1. The van der Waals surface area contributed by atoms with Gasteiger partial charge in [-0.2, -0.15) is 15.5 Å². The SMILES string of the molecule is Cn1cc(-c2cn3ncc(C#N)c3c(-c3ccc(N4CCN(CCOC(C)(C)C)CC4)nc3)n2)cn1. The second-order valence-electron chi connectivity index (χ2n) is 10.0. The van der Waals surface area contributed by atoms with Crippen LogP contribution in [0.5, 0.6) is 0 Å². The van der Waals surface area contributed by atoms with Crippen LogP contribution in [0.4, 0.5) is 5.82 Å². The smallest absolute Gasteiger partial charge is 0.128 e. The fraction of sp³-hybridized carbons (Fsp3) is 0.423. The van der Waals surface area contributed by atoms with Gasteiger partial charge < -0.3 is 9.64 Å². The van der Waals surface area contributed by atoms with Crippen molar-refractivity contribution in [1.29, 1.82) is 5.26 Å². The lowest BCUT2D eigenvalue weighted by atomic mass is 10.1. The number of hydrogen-bond donors (Lipinski definition) is 0. The third kappa shape index (κ3) is 5.08. The van der Waals surface area contributed by atoms with Crippen LogP contribution in [-0.2, 0) is 11.8 Å². The molecular weight excluding hydrogens is 454 g/mol. The minimum absolute atomic E-state index is 0.101. The van der Waals surface area contributed by atoms with Gasteiger partial charge in [-0.15, -0.1) is 0 Å². The first kappa shape index (κ1) is 23.9. The molecule has 0 atom stereocenters. The van der Waals surface area contributed by atoms with Crippen LogP contribution in [0, 0.1) is 11.3 Å². The van der Waals surface area contributed by atoms with Crippen molar-refractivity contribution in [3.63, 3.8) is 0 Å². The zero-order valence-corrected chi connectivity index (χ0v) is 21.2. The van der Waals surface area contributed by atoms with Gasteiger partial charge >= 0.3 is 0 Å². The number of rotatable bonds is 6. The Labute approximate surface area is 210 Å². The molecule has 5 rings (SSSR count). The predicted octanol–water partition coefficient (Wildman–Crippen LogP) is 3.00. The molecule has 0 N–H and O–H groups in total. The van der Waals surface area contributed by atoms with E-state index in [0.29, 0.717) is 16.8 Å². The first-order valence-corrected chi connectivity index (χ1v) is 12.2. The second-order valence-corrected chi connectivity index (χ2v) is 10.0. The quantitative estimate of drug-likeness (QED) is 0.411. The summed E-state index contributed by atoms with van der Waals surface area (Å²) < 4.78 is 9.32. The third-order valence-electron chi connectivity index (χ3n) is 6.28. The Morgan fingerprint density at radius 3 is 2.44 bits per heavy atom. The highest BCUT2D eigenvalue weighted by Gasteiger charge is 2.20. The topological polar surface area (TPSA) is 100 Å². The van der Waals surface area contributed by atoms with Crippen LogP contribution < -0.4 is 4.90 Å². The summed E-state index contributed by atoms with van der Waals surface area (Å²) in [6, 6.07) is 6.29. The van der Waals surface area contributed by atoms with E-state index >= 15 is 0 Å². The fourth-order valence-electron chi connectivity index (χ4n) is 4.38. The summed E-state index contributed by atoms with van der Waals surface area (Å²) in [5.74, 6) is 0.942. The summed E-state index contributed by atoms with van der Waals surface area (Å²) in [7, 11) is 1.87. The Kier molecular flexibility index (Phi) is 6.43. The van der Waals surface area contributed by atoms with E-state index < -0.39 is 0 Å². The van der Waals surface area contributed by atoms with Crippen LogP contribution in [0.25, 0.3) is 28.0 Å². The summed E-state index contributed by atoms with van der Waals surface area (Å²) in [5, 5.41) is 18.3. The molecule has 0 bridgehead atoms. The van der Waals surface area contributed by atoms with Crippen LogP contribution in [0.3, 0.4) is 0 Å². The van der Waals surface area contributed by atoms with Gasteiger partial charge in [0.1, 0.15) is 23.0 Å². The van der Waals surface area contributed by atoms with E-state index in [1.807, 2.05) is 37.8 Å². The van der Waals surface area contributed by atoms with Crippen LogP contribution in [0.15, 0.2) is 43.1 Å². The molecule has 4 aromatic heterocycles. The van der Waals surface area contributed by atoms with Gasteiger partial charge in [0.05, 0.1) is 42.2 Å². The lowest BCUT2D eigenvalue weighted by molar-refractivity contribution is -0.0135. The number of nitrogens with zero attached hydrogens (tertiary/aromatic N) is 9. The molecule has 10 nitrogen and oxygen atoms in total. The molecule has 1 aliphatic heterocycles. The van der Waals surface area contributed by atoms with E-state index in [9.17, 15) is 5.26 Å². The maximum absolute atomic E-state index is 9.64. The number of pyridine rings is 1. The van der Waals surface area contributed by atoms with E-state index in [-0.39, 0.29) is 5.60 Å². The minimum atomic E-state index is -0.101. The first-order valence-electron chi connectivity index (χ1n) is 12.2. The molecule has 0 aromatic carbocycles. The molecule has 0 radical (unpaired) electrons. The molecule has 186 valence electrons. The van der Waals surface area contributed by atoms with Gasteiger partial charge in [-0.05, 0) is 32.9 Å². The van der Waals surface area contributed by atoms with Gasteiger partial charge in [0.2, 0.25) is 0 Å². The van der Waals surface area contributed by atoms with Gasteiger partial charge in [-0.1, -0.05) is 0 Å². The van der Waals surface area contributed by atoms with E-state index in [1.54, 1.807) is 21.6 Å². The minimum Gasteiger partial charge on any atom is -0.375 e. The van der Waals surface area contributed by atoms with Gasteiger partial charge in [-0.25, -0.2) is 14.5 Å². The Hall–Kier alpha value is -3.81. The molecule has 0 amide bonds. The predicted molar refractivity (Wildman–Crippen MR) is 137 cm³/mol. The van der Waals surface area contributed by atoms with Gasteiger partial charge in [-0.3, -0.25) is 9.58 Å². The Morgan fingerprint density at radius 1 is 1.00 bits per heavy atom. The van der Waals surface area contributed by atoms with Crippen LogP contribution in [0.1, 0.15) is 26.3 Å². The molecule has 1 saturated heterocycles. The zero-order valence-electron chi connectivity index (χ0n) is 21.2. The van der Waals surface area contributed by atoms with E-state index in [1.165, 1.54) is 0 Å². The molecule has 0 aliphatic carbocycles. The molecule has 0 spiro atoms. The molecule has 0 unspecified atom stereocenters. The monoisotopic (exact) mass is 485 g/mol. The molecular formula is C26H31N9O. The molecule has 1 aliphatic rings. The van der Waals surface area contributed by atoms with Gasteiger partial charge in [0.25, 0.3) is 0 Å². The number of fused-ring (bicyclic) bond motifs is 1. The molecule has 4 aromatic rings. The molecule has 0 saturated carbocycles. The molecule has 10 heteroatoms. The summed E-state index contributed by atoms with van der Waals surface area (Å²) in [5.41, 5.74) is 4.17. The molecule has 1 fully saturated rings. The van der Waals surface area contributed by atoms with Crippen molar-refractivity contribution >= 4 is 11.3 Å². The summed E-state index contributed by atoms with van der Waals surface area (Å²) in [6.07, 6.45) is 8.90. The van der Waals surface area contributed by atoms with E-state index in [4.69, 9.17) is 14.7 Å². The average Bonchev–Trinajstić information content (AvgIpc) is 3.49. The van der Waals surface area contributed by atoms with Crippen molar-refractivity contribution in [3.8, 4) is 28.6 Å². The van der Waals surface area contributed by atoms with Crippen molar-refractivity contribution < 1.29 is 4.74 Å². The van der Waals surface area contributed by atoms with E-state index in [2.05, 4.69) is 46.8 Å². The highest BCUT2D eigenvalue weighted by Crippen LogP contribution is 2.29. The highest BCUT2D eigenvalue weighted by molar-refractivity contribution is 5.83. The summed E-state index contributed by atoms with van der Waals surface area (Å²) >= 11 is 0. The highest BCUT2D eigenvalue weighted by atomic mass is 16.5. The Morgan fingerprint density at radius 2 is 1.81 bits per heavy atom. The average molecular weight is 486 g/mol. The normalized spacial score (nSPS) is 14.9. The first-order chi connectivity index (χ1) is 17.3. The van der Waals surface area contributed by atoms with Crippen LogP contribution >= 0.6 is 0 Å². The number of ether oxygens (including phenoxy) is 1. The number of piperazine rings is 1. The largest absolute Gasteiger partial charge is 0.375 e. The number of hydrogen-bond acceptors (Lipinski definition) is 8. The standard InChI is InChI=1S/C26H31N9O/c1-26(2,3)36-12-11-33-7-9-34(10-8-33)23-6-5-19(14-28-23)24-25-20(13-27)15-30-35(25)18-22(31-24)21-16-29-32(4)17-21/h5-6,14-18H,7-12H2,1-4H3. The Balaban J connectivity index is 1.35. The summed E-state index contributed by atoms with van der Waals surface area (Å²) in [6.45, 7) is 11.7. The summed E-state index contributed by atoms with van der Waals surface area (Å²) in [4.78, 5) is 14.4.